The zero-order chi connectivity index (χ0) is 57.6. The van der Waals surface area contributed by atoms with E-state index in [4.69, 9.17) is 66.9 Å². The summed E-state index contributed by atoms with van der Waals surface area (Å²) in [7, 11) is 0. The van der Waals surface area contributed by atoms with Crippen LogP contribution in [0, 0.1) is 71.0 Å². The molecule has 3 aliphatic carbocycles. The highest BCUT2D eigenvalue weighted by Crippen LogP contribution is 2.62. The molecule has 0 aromatic heterocycles. The molecule has 81 heavy (non-hydrogen) atoms. The van der Waals surface area contributed by atoms with Crippen LogP contribution in [0.5, 0.6) is 0 Å². The maximum atomic E-state index is 13.4. The topological polar surface area (TPSA) is 264 Å². The number of hydrogen-bond acceptors (Lipinski definition) is 21. The fourth-order valence-electron chi connectivity index (χ4n) is 16.0. The standard InChI is InChI=1S/C59H89NO21/c1-31-12-16-43-35(5)52(74-54-58(43)41(31)24-26-56(7,76-54)78-80-58)72-49(65)19-18-45(61)60-28-38(70-47(63)22-23-48(64)71-51(67)34(4)39-11-9-10-37-15-14-33(3)68-30-40(37)39)29-69-46(62)20-21-50(66)73-53-36(6)44-17-13-32(2)42-25-27-57(8)77-55(75-53)59(42,44)81-79-57/h31-44,51-55,67H,9-30H2,1-8H3,(H,60,61)/t31-,32-,33+,34-,35-,36-,37?,38?,39+,40?,41+,42+,43+,44+,51+,52-,53-,54-,55-,56-,57-,58-,59-/m1/s1. The van der Waals surface area contributed by atoms with Gasteiger partial charge >= 0.3 is 29.8 Å². The second kappa shape index (κ2) is 24.8. The molecule has 3 saturated carbocycles. The molecule has 456 valence electrons. The third kappa shape index (κ3) is 12.6. The van der Waals surface area contributed by atoms with E-state index < -0.39 is 122 Å². The lowest BCUT2D eigenvalue weighted by molar-refractivity contribution is -0.576. The zero-order valence-corrected chi connectivity index (χ0v) is 48.6. The average molecular weight is 1150 g/mol. The second-order valence-corrected chi connectivity index (χ2v) is 26.1. The van der Waals surface area contributed by atoms with Gasteiger partial charge in [-0.05, 0) is 120 Å². The molecule has 4 bridgehead atoms. The lowest BCUT2D eigenvalue weighted by atomic mass is 9.58. The van der Waals surface area contributed by atoms with Gasteiger partial charge in [0.2, 0.25) is 36.4 Å². The Kier molecular flexibility index (Phi) is 18.5. The van der Waals surface area contributed by atoms with Crippen LogP contribution in [0.2, 0.25) is 0 Å². The van der Waals surface area contributed by atoms with Crippen molar-refractivity contribution in [3.8, 4) is 0 Å². The third-order valence-electron chi connectivity index (χ3n) is 20.7. The van der Waals surface area contributed by atoms with Crippen LogP contribution < -0.4 is 5.32 Å². The van der Waals surface area contributed by atoms with Crippen LogP contribution in [-0.2, 0) is 95.7 Å². The summed E-state index contributed by atoms with van der Waals surface area (Å²) in [5, 5.41) is 13.7. The number of nitrogens with one attached hydrogen (secondary N) is 1. The summed E-state index contributed by atoms with van der Waals surface area (Å²) in [5.74, 6) is -5.79. The maximum Gasteiger partial charge on any atom is 0.308 e. The van der Waals surface area contributed by atoms with Gasteiger partial charge in [0, 0.05) is 48.9 Å². The Balaban J connectivity index is 0.711. The van der Waals surface area contributed by atoms with Gasteiger partial charge in [0.15, 0.2) is 29.9 Å². The molecule has 12 aliphatic rings. The fraction of sp³-hybridized carbons (Fsp3) is 0.898. The van der Waals surface area contributed by atoms with Gasteiger partial charge in [-0.1, -0.05) is 47.5 Å². The van der Waals surface area contributed by atoms with Crippen molar-refractivity contribution < 1.29 is 101 Å². The number of hydrogen-bond donors (Lipinski definition) is 2. The van der Waals surface area contributed by atoms with Crippen molar-refractivity contribution in [3.63, 3.8) is 0 Å². The smallest absolute Gasteiger partial charge is 0.308 e. The summed E-state index contributed by atoms with van der Waals surface area (Å²) in [6, 6.07) is 0. The maximum absolute atomic E-state index is 13.4. The van der Waals surface area contributed by atoms with E-state index in [9.17, 15) is 33.9 Å². The molecular weight excluding hydrogens is 1060 g/mol. The van der Waals surface area contributed by atoms with Gasteiger partial charge in [0.1, 0.15) is 6.61 Å². The minimum Gasteiger partial charge on any atom is -0.462 e. The van der Waals surface area contributed by atoms with Gasteiger partial charge < -0.3 is 57.8 Å². The van der Waals surface area contributed by atoms with Gasteiger partial charge in [-0.25, -0.2) is 19.6 Å². The first-order valence-electron chi connectivity index (χ1n) is 30.5. The van der Waals surface area contributed by atoms with Crippen molar-refractivity contribution in [1.29, 1.82) is 0 Å². The highest BCUT2D eigenvalue weighted by Gasteiger charge is 2.71. The Morgan fingerprint density at radius 1 is 0.593 bits per heavy atom. The number of carbonyl (C=O) groups excluding carboxylic acids is 6. The predicted molar refractivity (Wildman–Crippen MR) is 278 cm³/mol. The number of ether oxygens (including phenoxy) is 10. The monoisotopic (exact) mass is 1150 g/mol. The lowest BCUT2D eigenvalue weighted by Crippen LogP contribution is -2.70. The molecular formula is C59H89NO21. The molecule has 1 amide bonds. The van der Waals surface area contributed by atoms with Gasteiger partial charge in [-0.2, -0.15) is 0 Å². The molecule has 2 spiro atoms. The van der Waals surface area contributed by atoms with Gasteiger partial charge in [0.05, 0.1) is 51.4 Å². The SMILES string of the molecule is C[C@H]([C@@H]1CCCC2CC[C@H](C)OCC21)[C@@H](O)OC(=O)CCC(=O)OC(CNC(=O)CCC(=O)O[C@@H]1O[C@@H]2O[C@@]3(C)CC[C@H]4[C@H](C)CC[C@@H]([C@H]1C)[C@@]24OO3)COC(=O)CCC(=O)O[C@@H]1O[C@@H]2O[C@@]3(C)CC[C@H]4[C@H](C)CC[C@@H]([C@H]1C)[C@@]24OO3. The van der Waals surface area contributed by atoms with Crippen LogP contribution in [0.4, 0.5) is 0 Å². The first kappa shape index (κ1) is 60.5. The van der Waals surface area contributed by atoms with E-state index in [1.807, 2.05) is 34.6 Å². The number of amides is 1. The van der Waals surface area contributed by atoms with Gasteiger partial charge in [0.25, 0.3) is 0 Å². The van der Waals surface area contributed by atoms with Crippen molar-refractivity contribution in [3.05, 3.63) is 0 Å². The van der Waals surface area contributed by atoms with E-state index in [2.05, 4.69) is 26.1 Å². The summed E-state index contributed by atoms with van der Waals surface area (Å²) >= 11 is 0. The molecule has 0 radical (unpaired) electrons. The van der Waals surface area contributed by atoms with E-state index in [1.54, 1.807) is 0 Å². The minimum atomic E-state index is -1.39. The van der Waals surface area contributed by atoms with E-state index >= 15 is 0 Å². The summed E-state index contributed by atoms with van der Waals surface area (Å²) < 4.78 is 59.9. The molecule has 9 saturated heterocycles. The minimum absolute atomic E-state index is 0.0791. The summed E-state index contributed by atoms with van der Waals surface area (Å²) in [5.41, 5.74) is -1.69. The normalized spacial score (nSPS) is 43.2. The molecule has 12 rings (SSSR count). The number of esters is 5. The second-order valence-electron chi connectivity index (χ2n) is 26.1. The molecule has 23 atom stereocenters. The summed E-state index contributed by atoms with van der Waals surface area (Å²) in [6.45, 7) is 15.6. The Labute approximate surface area is 475 Å². The van der Waals surface area contributed by atoms with Crippen LogP contribution in [0.3, 0.4) is 0 Å². The average Bonchev–Trinajstić information content (AvgIpc) is 2.18. The summed E-state index contributed by atoms with van der Waals surface area (Å²) in [6.07, 6.45) is 3.22. The number of fused-ring (bicyclic) bond motifs is 5. The van der Waals surface area contributed by atoms with Crippen molar-refractivity contribution in [2.75, 3.05) is 19.8 Å². The molecule has 9 aliphatic heterocycles. The van der Waals surface area contributed by atoms with Crippen LogP contribution in [0.15, 0.2) is 0 Å². The number of carbonyl (C=O) groups is 6. The Morgan fingerprint density at radius 3 is 1.70 bits per heavy atom. The van der Waals surface area contributed by atoms with E-state index in [1.165, 1.54) is 0 Å². The van der Waals surface area contributed by atoms with Gasteiger partial charge in [-0.3, -0.25) is 28.8 Å². The van der Waals surface area contributed by atoms with Crippen molar-refractivity contribution in [1.82, 2.24) is 5.32 Å². The number of aliphatic hydroxyl groups is 1. The molecule has 2 N–H and O–H groups in total. The predicted octanol–water partition coefficient (Wildman–Crippen LogP) is 7.13. The molecule has 0 aromatic rings. The molecule has 22 heteroatoms. The quantitative estimate of drug-likeness (QED) is 0.0564. The van der Waals surface area contributed by atoms with Crippen LogP contribution >= 0.6 is 0 Å². The van der Waals surface area contributed by atoms with E-state index in [-0.39, 0.29) is 85.2 Å². The highest BCUT2D eigenvalue weighted by molar-refractivity contribution is 5.81. The fourth-order valence-corrected chi connectivity index (χ4v) is 16.0. The first-order valence-corrected chi connectivity index (χ1v) is 30.5. The molecule has 22 nitrogen and oxygen atoms in total. The largest absolute Gasteiger partial charge is 0.462 e. The Hall–Kier alpha value is -3.58. The van der Waals surface area contributed by atoms with Gasteiger partial charge in [-0.15, -0.1) is 0 Å². The van der Waals surface area contributed by atoms with Crippen LogP contribution in [0.25, 0.3) is 0 Å². The highest BCUT2D eigenvalue weighted by atomic mass is 17.3. The number of aliphatic hydroxyl groups excluding tert-OH is 1. The Bertz CT molecular complexity index is 2180. The lowest BCUT2D eigenvalue weighted by Gasteiger charge is -2.59. The molecule has 3 unspecified atom stereocenters. The summed E-state index contributed by atoms with van der Waals surface area (Å²) in [4.78, 5) is 104. The molecule has 0 aromatic carbocycles. The van der Waals surface area contributed by atoms with E-state index in [0.29, 0.717) is 37.2 Å². The zero-order valence-electron chi connectivity index (χ0n) is 48.6. The van der Waals surface area contributed by atoms with Crippen molar-refractivity contribution in [2.45, 2.75) is 244 Å². The Morgan fingerprint density at radius 2 is 1.12 bits per heavy atom. The van der Waals surface area contributed by atoms with Crippen molar-refractivity contribution >= 4 is 35.8 Å². The van der Waals surface area contributed by atoms with E-state index in [0.717, 1.165) is 70.6 Å². The number of rotatable bonds is 19. The molecule has 12 fully saturated rings. The van der Waals surface area contributed by atoms with Crippen molar-refractivity contribution in [2.24, 2.45) is 71.0 Å². The van der Waals surface area contributed by atoms with Crippen LogP contribution in [-0.4, -0.2) is 127 Å². The first-order chi connectivity index (χ1) is 38.6. The van der Waals surface area contributed by atoms with Crippen LogP contribution in [0.1, 0.15) is 177 Å². The molecule has 9 heterocycles. The third-order valence-corrected chi connectivity index (χ3v) is 20.7.